The number of halogens is 1. The maximum absolute atomic E-state index is 14.5. The Balaban J connectivity index is 1.42. The molecule has 2 aromatic carbocycles. The smallest absolute Gasteiger partial charge is 0.244 e. The van der Waals surface area contributed by atoms with E-state index in [-0.39, 0.29) is 29.6 Å². The molecule has 6 heteroatoms. The minimum absolute atomic E-state index is 0.123. The fourth-order valence-corrected chi connectivity index (χ4v) is 4.59. The van der Waals surface area contributed by atoms with Crippen LogP contribution in [-0.2, 0) is 11.2 Å². The van der Waals surface area contributed by atoms with E-state index >= 15 is 0 Å². The molecular formula is C24H28FN3O2. The summed E-state index contributed by atoms with van der Waals surface area (Å²) in [5, 5.41) is 0. The highest BCUT2D eigenvalue weighted by Gasteiger charge is 2.36. The van der Waals surface area contributed by atoms with Crippen molar-refractivity contribution < 1.29 is 14.0 Å². The van der Waals surface area contributed by atoms with Gasteiger partial charge >= 0.3 is 0 Å². The van der Waals surface area contributed by atoms with Crippen LogP contribution in [0.25, 0.3) is 0 Å². The Labute approximate surface area is 177 Å². The fraction of sp³-hybridized carbons (Fsp3) is 0.417. The molecule has 5 nitrogen and oxygen atoms in total. The Hall–Kier alpha value is -2.73. The molecule has 0 saturated carbocycles. The molecule has 30 heavy (non-hydrogen) atoms. The SMILES string of the molecule is CC(=O)c1ccc(N2CCN([C@@H](C)C(=O)N3c4ccccc4C[C@H]3C)CC2)c(F)c1. The Morgan fingerprint density at radius 3 is 2.40 bits per heavy atom. The molecule has 0 radical (unpaired) electrons. The summed E-state index contributed by atoms with van der Waals surface area (Å²) in [6.07, 6.45) is 0.887. The van der Waals surface area contributed by atoms with Crippen molar-refractivity contribution in [2.24, 2.45) is 0 Å². The molecule has 0 N–H and O–H groups in total. The summed E-state index contributed by atoms with van der Waals surface area (Å²) >= 11 is 0. The summed E-state index contributed by atoms with van der Waals surface area (Å²) in [5.74, 6) is -0.393. The van der Waals surface area contributed by atoms with Gasteiger partial charge in [0.2, 0.25) is 5.91 Å². The molecule has 2 aromatic rings. The quantitative estimate of drug-likeness (QED) is 0.725. The third-order valence-corrected chi connectivity index (χ3v) is 6.36. The molecular weight excluding hydrogens is 381 g/mol. The second-order valence-electron chi connectivity index (χ2n) is 8.31. The maximum Gasteiger partial charge on any atom is 0.244 e. The number of para-hydroxylation sites is 1. The molecule has 0 bridgehead atoms. The highest BCUT2D eigenvalue weighted by Crippen LogP contribution is 2.33. The van der Waals surface area contributed by atoms with Crippen LogP contribution >= 0.6 is 0 Å². The second kappa shape index (κ2) is 8.19. The van der Waals surface area contributed by atoms with Gasteiger partial charge in [-0.15, -0.1) is 0 Å². The summed E-state index contributed by atoms with van der Waals surface area (Å²) in [4.78, 5) is 30.9. The molecule has 1 fully saturated rings. The lowest BCUT2D eigenvalue weighted by molar-refractivity contribution is -0.123. The number of benzene rings is 2. The predicted molar refractivity (Wildman–Crippen MR) is 117 cm³/mol. The van der Waals surface area contributed by atoms with Crippen molar-refractivity contribution in [3.05, 3.63) is 59.4 Å². The number of carbonyl (C=O) groups is 2. The number of hydrogen-bond donors (Lipinski definition) is 0. The number of fused-ring (bicyclic) bond motifs is 1. The fourth-order valence-electron chi connectivity index (χ4n) is 4.59. The van der Waals surface area contributed by atoms with Crippen LogP contribution in [0.5, 0.6) is 0 Å². The van der Waals surface area contributed by atoms with Gasteiger partial charge in [0.15, 0.2) is 5.78 Å². The largest absolute Gasteiger partial charge is 0.367 e. The molecule has 1 saturated heterocycles. The molecule has 0 aromatic heterocycles. The second-order valence-corrected chi connectivity index (χ2v) is 8.31. The van der Waals surface area contributed by atoms with Gasteiger partial charge in [-0.25, -0.2) is 4.39 Å². The lowest BCUT2D eigenvalue weighted by Gasteiger charge is -2.40. The zero-order chi connectivity index (χ0) is 21.4. The van der Waals surface area contributed by atoms with Crippen molar-refractivity contribution >= 4 is 23.1 Å². The van der Waals surface area contributed by atoms with Crippen LogP contribution in [-0.4, -0.2) is 54.9 Å². The zero-order valence-corrected chi connectivity index (χ0v) is 17.8. The van der Waals surface area contributed by atoms with Gasteiger partial charge in [0, 0.05) is 43.5 Å². The normalized spacial score (nSPS) is 20.2. The summed E-state index contributed by atoms with van der Waals surface area (Å²) in [6, 6.07) is 12.7. The number of hydrogen-bond acceptors (Lipinski definition) is 4. The van der Waals surface area contributed by atoms with Crippen LogP contribution in [0.1, 0.15) is 36.7 Å². The van der Waals surface area contributed by atoms with Crippen LogP contribution in [0.4, 0.5) is 15.8 Å². The third-order valence-electron chi connectivity index (χ3n) is 6.36. The lowest BCUT2D eigenvalue weighted by Crippen LogP contribution is -2.55. The van der Waals surface area contributed by atoms with Gasteiger partial charge in [0.05, 0.1) is 11.7 Å². The van der Waals surface area contributed by atoms with E-state index in [1.807, 2.05) is 34.9 Å². The van der Waals surface area contributed by atoms with E-state index in [1.54, 1.807) is 12.1 Å². The van der Waals surface area contributed by atoms with Crippen LogP contribution in [0.15, 0.2) is 42.5 Å². The van der Waals surface area contributed by atoms with E-state index < -0.39 is 0 Å². The van der Waals surface area contributed by atoms with E-state index in [9.17, 15) is 14.0 Å². The first-order valence-electron chi connectivity index (χ1n) is 10.6. The first-order chi connectivity index (χ1) is 14.4. The average Bonchev–Trinajstić information content (AvgIpc) is 3.08. The van der Waals surface area contributed by atoms with Gasteiger partial charge in [-0.05, 0) is 57.0 Å². The monoisotopic (exact) mass is 409 g/mol. The average molecular weight is 410 g/mol. The molecule has 0 unspecified atom stereocenters. The first-order valence-corrected chi connectivity index (χ1v) is 10.6. The van der Waals surface area contributed by atoms with Crippen molar-refractivity contribution in [2.45, 2.75) is 39.3 Å². The van der Waals surface area contributed by atoms with Gasteiger partial charge in [0.1, 0.15) is 5.82 Å². The molecule has 4 rings (SSSR count). The van der Waals surface area contributed by atoms with E-state index in [4.69, 9.17) is 0 Å². The molecule has 0 spiro atoms. The van der Waals surface area contributed by atoms with Crippen LogP contribution < -0.4 is 9.80 Å². The summed E-state index contributed by atoms with van der Waals surface area (Å²) in [6.45, 7) is 8.14. The van der Waals surface area contributed by atoms with E-state index in [0.717, 1.165) is 12.1 Å². The molecule has 2 aliphatic rings. The number of ketones is 1. The van der Waals surface area contributed by atoms with Crippen molar-refractivity contribution in [2.75, 3.05) is 36.0 Å². The summed E-state index contributed by atoms with van der Waals surface area (Å²) in [7, 11) is 0. The maximum atomic E-state index is 14.5. The van der Waals surface area contributed by atoms with E-state index in [2.05, 4.69) is 17.9 Å². The Kier molecular flexibility index (Phi) is 5.60. The van der Waals surface area contributed by atoms with E-state index in [1.165, 1.54) is 18.6 Å². The minimum atomic E-state index is -0.372. The van der Waals surface area contributed by atoms with Crippen LogP contribution in [0.3, 0.4) is 0 Å². The Morgan fingerprint density at radius 1 is 1.03 bits per heavy atom. The van der Waals surface area contributed by atoms with Crippen molar-refractivity contribution in [1.82, 2.24) is 4.90 Å². The van der Waals surface area contributed by atoms with Crippen molar-refractivity contribution in [1.29, 1.82) is 0 Å². The molecule has 1 amide bonds. The van der Waals surface area contributed by atoms with Crippen LogP contribution in [0, 0.1) is 5.82 Å². The zero-order valence-electron chi connectivity index (χ0n) is 17.8. The molecule has 0 aliphatic carbocycles. The number of piperazine rings is 1. The molecule has 158 valence electrons. The third kappa shape index (κ3) is 3.72. The summed E-state index contributed by atoms with van der Waals surface area (Å²) < 4.78 is 14.5. The highest BCUT2D eigenvalue weighted by molar-refractivity contribution is 5.99. The Bertz CT molecular complexity index is 969. The number of anilines is 2. The Morgan fingerprint density at radius 2 is 1.73 bits per heavy atom. The van der Waals surface area contributed by atoms with E-state index in [0.29, 0.717) is 37.4 Å². The van der Waals surface area contributed by atoms with Crippen LogP contribution in [0.2, 0.25) is 0 Å². The number of rotatable bonds is 4. The van der Waals surface area contributed by atoms with Crippen molar-refractivity contribution in [3.63, 3.8) is 0 Å². The number of Topliss-reactive ketones (excluding diaryl/α,β-unsaturated/α-hetero) is 1. The van der Waals surface area contributed by atoms with Gasteiger partial charge in [-0.3, -0.25) is 14.5 Å². The van der Waals surface area contributed by atoms with Gasteiger partial charge in [-0.2, -0.15) is 0 Å². The van der Waals surface area contributed by atoms with Gasteiger partial charge < -0.3 is 9.80 Å². The standard InChI is InChI=1S/C24H28FN3O2/c1-16-14-20-6-4-5-7-22(20)28(16)24(30)17(2)26-10-12-27(13-11-26)23-9-8-19(18(3)29)15-21(23)25/h4-9,15-17H,10-14H2,1-3H3/t16-,17+/m1/s1. The van der Waals surface area contributed by atoms with Gasteiger partial charge in [-0.1, -0.05) is 18.2 Å². The predicted octanol–water partition coefficient (Wildman–Crippen LogP) is 3.52. The van der Waals surface area contributed by atoms with Crippen molar-refractivity contribution in [3.8, 4) is 0 Å². The first kappa shape index (κ1) is 20.5. The highest BCUT2D eigenvalue weighted by atomic mass is 19.1. The summed E-state index contributed by atoms with van der Waals surface area (Å²) in [5.41, 5.74) is 3.14. The molecule has 2 heterocycles. The minimum Gasteiger partial charge on any atom is -0.367 e. The topological polar surface area (TPSA) is 43.9 Å². The number of amides is 1. The number of carbonyl (C=O) groups excluding carboxylic acids is 2. The molecule has 2 atom stereocenters. The lowest BCUT2D eigenvalue weighted by atomic mass is 10.1. The molecule has 2 aliphatic heterocycles. The van der Waals surface area contributed by atoms with Gasteiger partial charge in [0.25, 0.3) is 0 Å². The number of nitrogens with zero attached hydrogens (tertiary/aromatic N) is 3.